The van der Waals surface area contributed by atoms with E-state index in [1.54, 1.807) is 0 Å². The van der Waals surface area contributed by atoms with Crippen LogP contribution in [0.5, 0.6) is 0 Å². The zero-order chi connectivity index (χ0) is 20.3. The zero-order valence-electron chi connectivity index (χ0n) is 13.6. The van der Waals surface area contributed by atoms with Gasteiger partial charge in [0.1, 0.15) is 0 Å². The summed E-state index contributed by atoms with van der Waals surface area (Å²) in [6.07, 6.45) is 0.114. The molecule has 0 bridgehead atoms. The number of ether oxygens (including phenoxy) is 1. The molecule has 0 amide bonds. The fraction of sp³-hybridized carbons (Fsp3) is 0.118. The van der Waals surface area contributed by atoms with Gasteiger partial charge in [-0.1, -0.05) is 0 Å². The molecule has 5 nitrogen and oxygen atoms in total. The molecule has 0 saturated heterocycles. The molecule has 142 valence electrons. The van der Waals surface area contributed by atoms with E-state index in [1.165, 1.54) is 12.1 Å². The van der Waals surface area contributed by atoms with Gasteiger partial charge in [0.2, 0.25) is 5.82 Å². The maximum absolute atomic E-state index is 13.8. The molecule has 27 heavy (non-hydrogen) atoms. The molecular weight excluding hydrogens is 377 g/mol. The van der Waals surface area contributed by atoms with Crippen LogP contribution in [0.15, 0.2) is 29.8 Å². The number of methoxy groups -OCH3 is 1. The minimum atomic E-state index is -2.31. The van der Waals surface area contributed by atoms with Crippen LogP contribution in [0.2, 0.25) is 0 Å². The van der Waals surface area contributed by atoms with E-state index in [4.69, 9.17) is 0 Å². The summed E-state index contributed by atoms with van der Waals surface area (Å²) in [5.41, 5.74) is -1.66. The lowest BCUT2D eigenvalue weighted by Gasteiger charge is -2.10. The summed E-state index contributed by atoms with van der Waals surface area (Å²) in [6, 6.07) is 4.69. The van der Waals surface area contributed by atoms with Crippen LogP contribution in [0.4, 0.5) is 27.6 Å². The molecular formula is C17H10F5NO4. The first-order chi connectivity index (χ1) is 12.7. The Labute approximate surface area is 148 Å². The number of esters is 1. The monoisotopic (exact) mass is 387 g/mol. The van der Waals surface area contributed by atoms with E-state index in [1.807, 2.05) is 0 Å². The molecule has 2 aromatic rings. The van der Waals surface area contributed by atoms with Crippen molar-refractivity contribution in [1.29, 1.82) is 0 Å². The summed E-state index contributed by atoms with van der Waals surface area (Å²) in [6.45, 7) is 0. The largest absolute Gasteiger partial charge is 0.466 e. The third-order valence-electron chi connectivity index (χ3n) is 3.56. The van der Waals surface area contributed by atoms with Crippen LogP contribution in [-0.2, 0) is 16.0 Å². The Hall–Kier alpha value is -3.30. The van der Waals surface area contributed by atoms with Gasteiger partial charge in [-0.3, -0.25) is 10.1 Å². The van der Waals surface area contributed by atoms with Gasteiger partial charge in [0.25, 0.3) is 5.69 Å². The van der Waals surface area contributed by atoms with Crippen molar-refractivity contribution in [2.45, 2.75) is 6.42 Å². The van der Waals surface area contributed by atoms with Gasteiger partial charge >= 0.3 is 5.97 Å². The lowest BCUT2D eigenvalue weighted by atomic mass is 10.0. The van der Waals surface area contributed by atoms with Crippen LogP contribution in [0.1, 0.15) is 11.1 Å². The standard InChI is InChI=1S/C17H10F5NO4/c1-27-17(24)9(6-8-2-4-10(5-3-8)23(25)26)7-11-12(18)14(20)16(22)15(21)13(11)19/h2-6H,7H2,1H3/b9-6+. The fourth-order valence-corrected chi connectivity index (χ4v) is 2.20. The summed E-state index contributed by atoms with van der Waals surface area (Å²) >= 11 is 0. The van der Waals surface area contributed by atoms with Crippen molar-refractivity contribution in [2.24, 2.45) is 0 Å². The summed E-state index contributed by atoms with van der Waals surface area (Å²) in [5.74, 6) is -11.8. The topological polar surface area (TPSA) is 69.4 Å². The normalized spacial score (nSPS) is 11.4. The van der Waals surface area contributed by atoms with Gasteiger partial charge in [-0.05, 0) is 23.8 Å². The van der Waals surface area contributed by atoms with Gasteiger partial charge in [-0.15, -0.1) is 0 Å². The van der Waals surface area contributed by atoms with Gasteiger partial charge in [0.05, 0.1) is 12.0 Å². The number of carbonyl (C=O) groups is 1. The van der Waals surface area contributed by atoms with Crippen LogP contribution in [0.3, 0.4) is 0 Å². The highest BCUT2D eigenvalue weighted by molar-refractivity contribution is 5.94. The number of benzene rings is 2. The second-order valence-corrected chi connectivity index (χ2v) is 5.24. The Morgan fingerprint density at radius 3 is 1.93 bits per heavy atom. The Balaban J connectivity index is 2.50. The highest BCUT2D eigenvalue weighted by atomic mass is 19.2. The lowest BCUT2D eigenvalue weighted by Crippen LogP contribution is -2.13. The van der Waals surface area contributed by atoms with Crippen LogP contribution < -0.4 is 0 Å². The summed E-state index contributed by atoms with van der Waals surface area (Å²) in [7, 11) is 0.963. The third-order valence-corrected chi connectivity index (χ3v) is 3.56. The average Bonchev–Trinajstić information content (AvgIpc) is 2.66. The number of rotatable bonds is 5. The Bertz CT molecular complexity index is 912. The number of nitro benzene ring substituents is 1. The summed E-state index contributed by atoms with van der Waals surface area (Å²) in [4.78, 5) is 21.8. The van der Waals surface area contributed by atoms with Crippen molar-refractivity contribution in [3.63, 3.8) is 0 Å². The predicted molar refractivity (Wildman–Crippen MR) is 83.0 cm³/mol. The molecule has 10 heteroatoms. The molecule has 0 heterocycles. The van der Waals surface area contributed by atoms with E-state index in [9.17, 15) is 36.9 Å². The predicted octanol–water partition coefficient (Wildman–Crippen LogP) is 4.09. The molecule has 0 aromatic heterocycles. The molecule has 0 unspecified atom stereocenters. The number of nitrogens with zero attached hydrogens (tertiary/aromatic N) is 1. The first-order valence-electron chi connectivity index (χ1n) is 7.21. The molecule has 0 atom stereocenters. The molecule has 2 aromatic carbocycles. The van der Waals surface area contributed by atoms with Crippen LogP contribution in [-0.4, -0.2) is 18.0 Å². The Morgan fingerprint density at radius 1 is 1.00 bits per heavy atom. The van der Waals surface area contributed by atoms with E-state index >= 15 is 0 Å². The molecule has 0 aliphatic heterocycles. The highest BCUT2D eigenvalue weighted by Gasteiger charge is 2.27. The molecule has 0 saturated carbocycles. The number of halogens is 5. The summed E-state index contributed by atoms with van der Waals surface area (Å²) in [5, 5.41) is 10.6. The van der Waals surface area contributed by atoms with Crippen molar-refractivity contribution in [3.8, 4) is 0 Å². The van der Waals surface area contributed by atoms with Crippen LogP contribution >= 0.6 is 0 Å². The second-order valence-electron chi connectivity index (χ2n) is 5.24. The minimum absolute atomic E-state index is 0.213. The molecule has 0 aliphatic carbocycles. The average molecular weight is 387 g/mol. The first kappa shape index (κ1) is 20.0. The van der Waals surface area contributed by atoms with Crippen molar-refractivity contribution in [3.05, 3.63) is 80.2 Å². The highest BCUT2D eigenvalue weighted by Crippen LogP contribution is 2.26. The number of carbonyl (C=O) groups excluding carboxylic acids is 1. The molecule has 0 fully saturated rings. The number of hydrogen-bond donors (Lipinski definition) is 0. The Kier molecular flexibility index (Phi) is 5.88. The third kappa shape index (κ3) is 4.10. The second kappa shape index (κ2) is 7.94. The van der Waals surface area contributed by atoms with E-state index in [-0.39, 0.29) is 11.3 Å². The van der Waals surface area contributed by atoms with E-state index in [0.29, 0.717) is 0 Å². The van der Waals surface area contributed by atoms with Crippen molar-refractivity contribution in [1.82, 2.24) is 0 Å². The van der Waals surface area contributed by atoms with E-state index < -0.39 is 57.5 Å². The Morgan fingerprint density at radius 2 is 1.48 bits per heavy atom. The van der Waals surface area contributed by atoms with E-state index in [0.717, 1.165) is 25.3 Å². The van der Waals surface area contributed by atoms with Gasteiger partial charge in [-0.2, -0.15) is 0 Å². The number of nitro groups is 1. The maximum Gasteiger partial charge on any atom is 0.334 e. The fourth-order valence-electron chi connectivity index (χ4n) is 2.20. The molecule has 0 N–H and O–H groups in total. The van der Waals surface area contributed by atoms with Crippen LogP contribution in [0.25, 0.3) is 6.08 Å². The quantitative estimate of drug-likeness (QED) is 0.147. The van der Waals surface area contributed by atoms with Crippen molar-refractivity contribution < 1.29 is 36.4 Å². The SMILES string of the molecule is COC(=O)/C(=C/c1ccc([N+](=O)[O-])cc1)Cc1c(F)c(F)c(F)c(F)c1F. The van der Waals surface area contributed by atoms with Gasteiger partial charge in [0.15, 0.2) is 23.3 Å². The molecule has 2 rings (SSSR count). The molecule has 0 aliphatic rings. The first-order valence-corrected chi connectivity index (χ1v) is 7.21. The molecule has 0 spiro atoms. The number of non-ortho nitro benzene ring substituents is 1. The maximum atomic E-state index is 13.8. The van der Waals surface area contributed by atoms with Crippen molar-refractivity contribution >= 4 is 17.7 Å². The van der Waals surface area contributed by atoms with Gasteiger partial charge in [0, 0.05) is 29.7 Å². The smallest absolute Gasteiger partial charge is 0.334 e. The lowest BCUT2D eigenvalue weighted by molar-refractivity contribution is -0.384. The molecule has 0 radical (unpaired) electrons. The van der Waals surface area contributed by atoms with Gasteiger partial charge < -0.3 is 4.74 Å². The minimum Gasteiger partial charge on any atom is -0.466 e. The number of hydrogen-bond acceptors (Lipinski definition) is 4. The summed E-state index contributed by atoms with van der Waals surface area (Å²) < 4.78 is 71.9. The van der Waals surface area contributed by atoms with Crippen LogP contribution in [0, 0.1) is 39.2 Å². The van der Waals surface area contributed by atoms with Crippen molar-refractivity contribution in [2.75, 3.05) is 7.11 Å². The van der Waals surface area contributed by atoms with E-state index in [2.05, 4.69) is 4.74 Å². The van der Waals surface area contributed by atoms with Gasteiger partial charge in [-0.25, -0.2) is 26.7 Å². The zero-order valence-corrected chi connectivity index (χ0v) is 13.6.